The minimum absolute atomic E-state index is 0.188. The van der Waals surface area contributed by atoms with Crippen LogP contribution in [0.4, 0.5) is 0 Å². The van der Waals surface area contributed by atoms with Crippen LogP contribution < -0.4 is 5.32 Å². The van der Waals surface area contributed by atoms with Crippen LogP contribution in [-0.2, 0) is 16.1 Å². The van der Waals surface area contributed by atoms with Gasteiger partial charge in [0.25, 0.3) is 0 Å². The molecule has 0 unspecified atom stereocenters. The van der Waals surface area contributed by atoms with Gasteiger partial charge in [-0.2, -0.15) is 0 Å². The van der Waals surface area contributed by atoms with E-state index >= 15 is 0 Å². The molecular formula is C13H15NO2. The monoisotopic (exact) mass is 217 g/mol. The molecule has 2 rings (SSSR count). The fourth-order valence-electron chi connectivity index (χ4n) is 1.64. The lowest BCUT2D eigenvalue weighted by Gasteiger charge is -2.14. The predicted octanol–water partition coefficient (Wildman–Crippen LogP) is 2.00. The first-order valence-corrected chi connectivity index (χ1v) is 5.50. The van der Waals surface area contributed by atoms with Crippen molar-refractivity contribution in [3.05, 3.63) is 47.7 Å². The average Bonchev–Trinajstić information content (AvgIpc) is 2.33. The average molecular weight is 217 g/mol. The second kappa shape index (κ2) is 5.35. The molecule has 3 nitrogen and oxygen atoms in total. The molecule has 0 radical (unpaired) electrons. The van der Waals surface area contributed by atoms with Gasteiger partial charge in [-0.15, -0.1) is 0 Å². The summed E-state index contributed by atoms with van der Waals surface area (Å²) in [6.45, 7) is 1.28. The SMILES string of the molecule is O=C1OCCC/C1=C/NCc1ccccc1. The van der Waals surface area contributed by atoms with Gasteiger partial charge in [0.2, 0.25) is 0 Å². The molecule has 0 aliphatic carbocycles. The first-order chi connectivity index (χ1) is 7.86. The molecule has 3 heteroatoms. The first-order valence-electron chi connectivity index (χ1n) is 5.50. The zero-order valence-electron chi connectivity index (χ0n) is 9.11. The molecule has 84 valence electrons. The molecule has 0 aromatic heterocycles. The number of esters is 1. The van der Waals surface area contributed by atoms with Gasteiger partial charge in [0, 0.05) is 12.7 Å². The quantitative estimate of drug-likeness (QED) is 0.621. The van der Waals surface area contributed by atoms with Crippen molar-refractivity contribution in [1.29, 1.82) is 0 Å². The maximum atomic E-state index is 11.3. The molecule has 1 aromatic rings. The molecule has 0 amide bonds. The zero-order chi connectivity index (χ0) is 11.2. The second-order valence-corrected chi connectivity index (χ2v) is 3.78. The maximum Gasteiger partial charge on any atom is 0.335 e. The Balaban J connectivity index is 1.87. The van der Waals surface area contributed by atoms with Crippen molar-refractivity contribution in [1.82, 2.24) is 5.32 Å². The number of cyclic esters (lactones) is 1. The van der Waals surface area contributed by atoms with Gasteiger partial charge in [-0.3, -0.25) is 0 Å². The summed E-state index contributed by atoms with van der Waals surface area (Å²) < 4.78 is 4.95. The maximum absolute atomic E-state index is 11.3. The van der Waals surface area contributed by atoms with Crippen molar-refractivity contribution in [2.75, 3.05) is 6.61 Å². The van der Waals surface area contributed by atoms with E-state index in [1.165, 1.54) is 5.56 Å². The Morgan fingerprint density at radius 3 is 2.88 bits per heavy atom. The highest BCUT2D eigenvalue weighted by atomic mass is 16.5. The normalized spacial score (nSPS) is 18.2. The lowest BCUT2D eigenvalue weighted by molar-refractivity contribution is -0.141. The first kappa shape index (κ1) is 10.7. The van der Waals surface area contributed by atoms with Gasteiger partial charge in [-0.05, 0) is 18.4 Å². The third-order valence-corrected chi connectivity index (χ3v) is 2.51. The van der Waals surface area contributed by atoms with Gasteiger partial charge in [-0.25, -0.2) is 4.79 Å². The lowest BCUT2D eigenvalue weighted by Crippen LogP contribution is -2.18. The molecule has 1 aliphatic rings. The van der Waals surface area contributed by atoms with Crippen LogP contribution in [0.2, 0.25) is 0 Å². The summed E-state index contributed by atoms with van der Waals surface area (Å²) in [7, 11) is 0. The number of ether oxygens (including phenoxy) is 1. The van der Waals surface area contributed by atoms with Gasteiger partial charge in [-0.1, -0.05) is 30.3 Å². The standard InChI is InChI=1S/C13H15NO2/c15-13-12(7-4-8-16-13)10-14-9-11-5-2-1-3-6-11/h1-3,5-6,10,14H,4,7-9H2/b12-10-. The summed E-state index contributed by atoms with van der Waals surface area (Å²) in [6, 6.07) is 10.1. The molecule has 0 saturated carbocycles. The molecule has 1 fully saturated rings. The Morgan fingerprint density at radius 2 is 2.12 bits per heavy atom. The van der Waals surface area contributed by atoms with Crippen LogP contribution in [0.15, 0.2) is 42.1 Å². The van der Waals surface area contributed by atoms with Crippen LogP contribution >= 0.6 is 0 Å². The topological polar surface area (TPSA) is 38.3 Å². The summed E-state index contributed by atoms with van der Waals surface area (Å²) in [5.74, 6) is -0.188. The highest BCUT2D eigenvalue weighted by molar-refractivity contribution is 5.88. The number of hydrogen-bond acceptors (Lipinski definition) is 3. The lowest BCUT2D eigenvalue weighted by atomic mass is 10.1. The van der Waals surface area contributed by atoms with E-state index in [0.29, 0.717) is 6.61 Å². The Hall–Kier alpha value is -1.77. The summed E-state index contributed by atoms with van der Waals surface area (Å²) in [6.07, 6.45) is 3.50. The molecular weight excluding hydrogens is 202 g/mol. The third kappa shape index (κ3) is 2.86. The van der Waals surface area contributed by atoms with E-state index in [-0.39, 0.29) is 5.97 Å². The van der Waals surface area contributed by atoms with E-state index in [1.54, 1.807) is 6.20 Å². The van der Waals surface area contributed by atoms with Gasteiger partial charge < -0.3 is 10.1 Å². The van der Waals surface area contributed by atoms with Gasteiger partial charge >= 0.3 is 5.97 Å². The number of benzene rings is 1. The fraction of sp³-hybridized carbons (Fsp3) is 0.308. The van der Waals surface area contributed by atoms with E-state index in [2.05, 4.69) is 5.32 Å². The smallest absolute Gasteiger partial charge is 0.335 e. The van der Waals surface area contributed by atoms with Crippen molar-refractivity contribution in [2.45, 2.75) is 19.4 Å². The van der Waals surface area contributed by atoms with Crippen molar-refractivity contribution < 1.29 is 9.53 Å². The van der Waals surface area contributed by atoms with Crippen molar-refractivity contribution in [3.8, 4) is 0 Å². The van der Waals surface area contributed by atoms with E-state index in [1.807, 2.05) is 30.3 Å². The number of carbonyl (C=O) groups excluding carboxylic acids is 1. The van der Waals surface area contributed by atoms with Crippen LogP contribution in [0, 0.1) is 0 Å². The third-order valence-electron chi connectivity index (χ3n) is 2.51. The van der Waals surface area contributed by atoms with Crippen LogP contribution in [-0.4, -0.2) is 12.6 Å². The van der Waals surface area contributed by atoms with Crippen molar-refractivity contribution >= 4 is 5.97 Å². The largest absolute Gasteiger partial charge is 0.462 e. The van der Waals surface area contributed by atoms with Gasteiger partial charge in [0.15, 0.2) is 0 Å². The Bertz CT molecular complexity index is 384. The van der Waals surface area contributed by atoms with Gasteiger partial charge in [0.05, 0.1) is 12.2 Å². The minimum atomic E-state index is -0.188. The molecule has 1 N–H and O–H groups in total. The molecule has 1 saturated heterocycles. The number of nitrogens with one attached hydrogen (secondary N) is 1. The van der Waals surface area contributed by atoms with E-state index in [0.717, 1.165) is 25.0 Å². The van der Waals surface area contributed by atoms with E-state index in [9.17, 15) is 4.79 Å². The molecule has 0 bridgehead atoms. The van der Waals surface area contributed by atoms with Crippen LogP contribution in [0.1, 0.15) is 18.4 Å². The summed E-state index contributed by atoms with van der Waals surface area (Å²) in [5, 5.41) is 3.14. The van der Waals surface area contributed by atoms with Crippen LogP contribution in [0.5, 0.6) is 0 Å². The number of hydrogen-bond donors (Lipinski definition) is 1. The Kier molecular flexibility index (Phi) is 3.59. The molecule has 0 spiro atoms. The predicted molar refractivity (Wildman–Crippen MR) is 61.6 cm³/mol. The molecule has 1 aromatic carbocycles. The van der Waals surface area contributed by atoms with E-state index < -0.39 is 0 Å². The van der Waals surface area contributed by atoms with E-state index in [4.69, 9.17) is 4.74 Å². The minimum Gasteiger partial charge on any atom is -0.462 e. The van der Waals surface area contributed by atoms with Crippen LogP contribution in [0.3, 0.4) is 0 Å². The summed E-state index contributed by atoms with van der Waals surface area (Å²) >= 11 is 0. The fourth-order valence-corrected chi connectivity index (χ4v) is 1.64. The molecule has 1 aliphatic heterocycles. The van der Waals surface area contributed by atoms with Crippen molar-refractivity contribution in [3.63, 3.8) is 0 Å². The highest BCUT2D eigenvalue weighted by Crippen LogP contribution is 2.12. The molecule has 16 heavy (non-hydrogen) atoms. The second-order valence-electron chi connectivity index (χ2n) is 3.78. The molecule has 0 atom stereocenters. The Morgan fingerprint density at radius 1 is 1.31 bits per heavy atom. The number of rotatable bonds is 3. The Labute approximate surface area is 95.1 Å². The molecule has 1 heterocycles. The van der Waals surface area contributed by atoms with Crippen molar-refractivity contribution in [2.24, 2.45) is 0 Å². The zero-order valence-corrected chi connectivity index (χ0v) is 9.11. The number of carbonyl (C=O) groups is 1. The van der Waals surface area contributed by atoms with Gasteiger partial charge in [0.1, 0.15) is 0 Å². The summed E-state index contributed by atoms with van der Waals surface area (Å²) in [4.78, 5) is 11.3. The summed E-state index contributed by atoms with van der Waals surface area (Å²) in [5.41, 5.74) is 1.94. The highest BCUT2D eigenvalue weighted by Gasteiger charge is 2.15. The van der Waals surface area contributed by atoms with Crippen LogP contribution in [0.25, 0.3) is 0 Å².